The average molecular weight is 363 g/mol. The lowest BCUT2D eigenvalue weighted by Gasteiger charge is -2.22. The van der Waals surface area contributed by atoms with E-state index in [1.807, 2.05) is 0 Å². The third-order valence-electron chi connectivity index (χ3n) is 3.65. The van der Waals surface area contributed by atoms with E-state index in [9.17, 15) is 13.2 Å². The SMILES string of the molecule is NCCCc1nnc([C@@H](N)CC[C@@H]2CCC(=O)N2OS(=O)(=O)O)o1. The lowest BCUT2D eigenvalue weighted by molar-refractivity contribution is -0.157. The molecule has 136 valence electrons. The third-order valence-corrected chi connectivity index (χ3v) is 4.00. The summed E-state index contributed by atoms with van der Waals surface area (Å²) >= 11 is 0. The quantitative estimate of drug-likeness (QED) is 0.483. The van der Waals surface area contributed by atoms with Crippen LogP contribution in [0.5, 0.6) is 0 Å². The molecule has 2 rings (SSSR count). The second kappa shape index (κ2) is 7.98. The van der Waals surface area contributed by atoms with Gasteiger partial charge < -0.3 is 15.9 Å². The lowest BCUT2D eigenvalue weighted by atomic mass is 10.1. The van der Waals surface area contributed by atoms with Gasteiger partial charge in [-0.15, -0.1) is 14.5 Å². The van der Waals surface area contributed by atoms with Crippen molar-refractivity contribution >= 4 is 16.3 Å². The summed E-state index contributed by atoms with van der Waals surface area (Å²) in [6.07, 6.45) is 2.59. The molecule has 0 aromatic carbocycles. The maximum atomic E-state index is 11.6. The molecule has 1 aliphatic rings. The zero-order chi connectivity index (χ0) is 17.7. The first kappa shape index (κ1) is 18.7. The lowest BCUT2D eigenvalue weighted by Crippen LogP contribution is -2.35. The molecule has 0 saturated carbocycles. The Morgan fingerprint density at radius 2 is 2.21 bits per heavy atom. The van der Waals surface area contributed by atoms with E-state index in [1.165, 1.54) is 0 Å². The molecule has 1 amide bonds. The van der Waals surface area contributed by atoms with E-state index in [-0.39, 0.29) is 12.3 Å². The molecule has 5 N–H and O–H groups in total. The van der Waals surface area contributed by atoms with Gasteiger partial charge in [-0.2, -0.15) is 13.5 Å². The standard InChI is InChI=1S/C12H21N5O6S/c13-7-1-2-10-15-16-12(22-10)9(14)5-3-8-4-6-11(18)17(8)23-24(19,20)21/h8-9H,1-7,13-14H2,(H,19,20,21)/t8-,9+/m1/s1. The van der Waals surface area contributed by atoms with Gasteiger partial charge in [-0.25, -0.2) is 0 Å². The number of amides is 1. The van der Waals surface area contributed by atoms with Crippen molar-refractivity contribution in [2.24, 2.45) is 11.5 Å². The molecule has 1 aromatic rings. The minimum absolute atomic E-state index is 0.138. The van der Waals surface area contributed by atoms with Crippen molar-refractivity contribution in [3.05, 3.63) is 11.8 Å². The van der Waals surface area contributed by atoms with E-state index < -0.39 is 28.4 Å². The van der Waals surface area contributed by atoms with Gasteiger partial charge in [0.15, 0.2) is 0 Å². The summed E-state index contributed by atoms with van der Waals surface area (Å²) in [6, 6.07) is -1.04. The molecule has 1 aromatic heterocycles. The Morgan fingerprint density at radius 1 is 1.46 bits per heavy atom. The molecule has 11 nitrogen and oxygen atoms in total. The molecule has 12 heteroatoms. The van der Waals surface area contributed by atoms with Gasteiger partial charge in [0.25, 0.3) is 0 Å². The van der Waals surface area contributed by atoms with Crippen molar-refractivity contribution in [3.63, 3.8) is 0 Å². The van der Waals surface area contributed by atoms with Crippen molar-refractivity contribution in [2.45, 2.75) is 50.6 Å². The summed E-state index contributed by atoms with van der Waals surface area (Å²) < 4.78 is 40.1. The summed E-state index contributed by atoms with van der Waals surface area (Å²) in [7, 11) is -4.75. The van der Waals surface area contributed by atoms with Crippen molar-refractivity contribution in [2.75, 3.05) is 6.54 Å². The van der Waals surface area contributed by atoms with Crippen LogP contribution in [-0.4, -0.2) is 46.7 Å². The highest BCUT2D eigenvalue weighted by molar-refractivity contribution is 7.80. The maximum absolute atomic E-state index is 11.6. The number of carbonyl (C=O) groups excluding carboxylic acids is 1. The molecule has 0 unspecified atom stereocenters. The topological polar surface area (TPSA) is 175 Å². The first-order valence-corrected chi connectivity index (χ1v) is 8.93. The van der Waals surface area contributed by atoms with Gasteiger partial charge in [-0.1, -0.05) is 0 Å². The van der Waals surface area contributed by atoms with Crippen LogP contribution in [0.1, 0.15) is 49.9 Å². The zero-order valence-electron chi connectivity index (χ0n) is 13.0. The molecule has 1 fully saturated rings. The molecular formula is C12H21N5O6S. The summed E-state index contributed by atoms with van der Waals surface area (Å²) in [5.74, 6) is 0.222. The van der Waals surface area contributed by atoms with Crippen LogP contribution in [-0.2, 0) is 25.9 Å². The third kappa shape index (κ3) is 5.21. The Balaban J connectivity index is 1.89. The highest BCUT2D eigenvalue weighted by Crippen LogP contribution is 2.26. The van der Waals surface area contributed by atoms with Gasteiger partial charge in [-0.3, -0.25) is 9.35 Å². The summed E-state index contributed by atoms with van der Waals surface area (Å²) in [4.78, 5) is 11.6. The second-order valence-electron chi connectivity index (χ2n) is 5.52. The average Bonchev–Trinajstić information content (AvgIpc) is 3.10. The number of hydrogen-bond acceptors (Lipinski definition) is 9. The molecule has 0 aliphatic carbocycles. The molecule has 0 spiro atoms. The van der Waals surface area contributed by atoms with Crippen molar-refractivity contribution in [1.82, 2.24) is 15.3 Å². The normalized spacial score (nSPS) is 19.9. The fraction of sp³-hybridized carbons (Fsp3) is 0.750. The number of nitrogens with zero attached hydrogens (tertiary/aromatic N) is 3. The monoisotopic (exact) mass is 363 g/mol. The Bertz CT molecular complexity index is 663. The number of rotatable bonds is 9. The van der Waals surface area contributed by atoms with Crippen LogP contribution < -0.4 is 11.5 Å². The van der Waals surface area contributed by atoms with Crippen LogP contribution in [0.15, 0.2) is 4.42 Å². The highest BCUT2D eigenvalue weighted by Gasteiger charge is 2.35. The molecule has 24 heavy (non-hydrogen) atoms. The Labute approximate surface area is 139 Å². The van der Waals surface area contributed by atoms with E-state index in [4.69, 9.17) is 20.4 Å². The molecule has 1 aliphatic heterocycles. The van der Waals surface area contributed by atoms with E-state index in [0.717, 1.165) is 6.42 Å². The van der Waals surface area contributed by atoms with E-state index in [1.54, 1.807) is 0 Å². The molecule has 2 atom stereocenters. The second-order valence-corrected chi connectivity index (χ2v) is 6.53. The predicted molar refractivity (Wildman–Crippen MR) is 80.3 cm³/mol. The first-order valence-electron chi connectivity index (χ1n) is 7.57. The van der Waals surface area contributed by atoms with Crippen molar-refractivity contribution in [1.29, 1.82) is 0 Å². The fourth-order valence-corrected chi connectivity index (χ4v) is 2.86. The Kier molecular flexibility index (Phi) is 6.23. The van der Waals surface area contributed by atoms with Gasteiger partial charge in [-0.05, 0) is 32.2 Å². The molecule has 0 radical (unpaired) electrons. The van der Waals surface area contributed by atoms with Crippen LogP contribution in [0.25, 0.3) is 0 Å². The number of aryl methyl sites for hydroxylation is 1. The smallest absolute Gasteiger partial charge is 0.418 e. The Morgan fingerprint density at radius 3 is 2.88 bits per heavy atom. The van der Waals surface area contributed by atoms with Crippen molar-refractivity contribution < 1.29 is 26.5 Å². The van der Waals surface area contributed by atoms with Crippen LogP contribution >= 0.6 is 0 Å². The van der Waals surface area contributed by atoms with Gasteiger partial charge in [0, 0.05) is 12.8 Å². The van der Waals surface area contributed by atoms with Crippen LogP contribution in [0.2, 0.25) is 0 Å². The molecule has 1 saturated heterocycles. The minimum atomic E-state index is -4.75. The highest BCUT2D eigenvalue weighted by atomic mass is 32.3. The number of hydroxylamine groups is 2. The van der Waals surface area contributed by atoms with Crippen LogP contribution in [0.3, 0.4) is 0 Å². The molecule has 2 heterocycles. The van der Waals surface area contributed by atoms with Gasteiger partial charge in [0.05, 0.1) is 12.1 Å². The maximum Gasteiger partial charge on any atom is 0.418 e. The summed E-state index contributed by atoms with van der Waals surface area (Å²) in [5.41, 5.74) is 11.4. The van der Waals surface area contributed by atoms with Gasteiger partial charge in [0.1, 0.15) is 0 Å². The number of nitrogens with two attached hydrogens (primary N) is 2. The van der Waals surface area contributed by atoms with Gasteiger partial charge >= 0.3 is 10.4 Å². The zero-order valence-corrected chi connectivity index (χ0v) is 13.8. The van der Waals surface area contributed by atoms with Gasteiger partial charge in [0.2, 0.25) is 17.7 Å². The van der Waals surface area contributed by atoms with E-state index in [2.05, 4.69) is 14.5 Å². The number of carbonyl (C=O) groups is 1. The Hall–Kier alpha value is -1.60. The predicted octanol–water partition coefficient (Wildman–Crippen LogP) is -0.534. The summed E-state index contributed by atoms with van der Waals surface area (Å²) in [6.45, 7) is 0.517. The fourth-order valence-electron chi connectivity index (χ4n) is 2.45. The minimum Gasteiger partial charge on any atom is -0.424 e. The van der Waals surface area contributed by atoms with Crippen molar-refractivity contribution in [3.8, 4) is 0 Å². The van der Waals surface area contributed by atoms with Crippen LogP contribution in [0.4, 0.5) is 0 Å². The molecular weight excluding hydrogens is 342 g/mol. The van der Waals surface area contributed by atoms with E-state index >= 15 is 0 Å². The number of aromatic nitrogens is 2. The summed E-state index contributed by atoms with van der Waals surface area (Å²) in [5, 5.41) is 8.44. The first-order chi connectivity index (χ1) is 11.3. The number of hydrogen-bond donors (Lipinski definition) is 3. The van der Waals surface area contributed by atoms with Crippen LogP contribution in [0, 0.1) is 0 Å². The van der Waals surface area contributed by atoms with E-state index in [0.29, 0.717) is 43.2 Å². The largest absolute Gasteiger partial charge is 0.424 e. The molecule has 0 bridgehead atoms.